The molecule has 1 saturated heterocycles. The molecule has 1 aliphatic heterocycles. The summed E-state index contributed by atoms with van der Waals surface area (Å²) < 4.78 is 5.26. The Morgan fingerprint density at radius 1 is 0.829 bits per heavy atom. The van der Waals surface area contributed by atoms with E-state index in [4.69, 9.17) is 4.74 Å². The maximum Gasteiger partial charge on any atom is 0.408 e. The molecule has 0 radical (unpaired) electrons. The maximum absolute atomic E-state index is 13.2. The van der Waals surface area contributed by atoms with E-state index in [0.29, 0.717) is 13.1 Å². The summed E-state index contributed by atoms with van der Waals surface area (Å²) in [7, 11) is 0. The number of carbonyl (C=O) groups excluding carboxylic acids is 4. The average molecular weight is 557 g/mol. The van der Waals surface area contributed by atoms with Crippen LogP contribution >= 0.6 is 0 Å². The Hall–Kier alpha value is -4.66. The number of nitrogens with zero attached hydrogens (tertiary/aromatic N) is 2. The zero-order valence-corrected chi connectivity index (χ0v) is 23.4. The summed E-state index contributed by atoms with van der Waals surface area (Å²) in [4.78, 5) is 54.6. The number of nitrogens with one attached hydrogen (secondary N) is 2. The second-order valence-electron chi connectivity index (χ2n) is 10.4. The minimum absolute atomic E-state index is 0.0833. The molecule has 0 aromatic heterocycles. The maximum atomic E-state index is 13.2. The van der Waals surface area contributed by atoms with E-state index in [2.05, 4.69) is 10.6 Å². The number of rotatable bonds is 12. The average Bonchev–Trinajstić information content (AvgIpc) is 3.79. The molecular weight excluding hydrogens is 520 g/mol. The first-order valence-electron chi connectivity index (χ1n) is 13.7. The summed E-state index contributed by atoms with van der Waals surface area (Å²) in [6.07, 6.45) is -0.703. The van der Waals surface area contributed by atoms with Crippen LogP contribution < -0.4 is 10.6 Å². The molecule has 214 valence electrons. The molecule has 1 heterocycles. The van der Waals surface area contributed by atoms with E-state index >= 15 is 0 Å². The van der Waals surface area contributed by atoms with Crippen LogP contribution in [0, 0.1) is 5.92 Å². The molecular formula is C32H36N4O5. The monoisotopic (exact) mass is 556 g/mol. The van der Waals surface area contributed by atoms with Crippen molar-refractivity contribution >= 4 is 23.8 Å². The SMILES string of the molecule is CC(C)[C@H](NC(=O)OCc1ccccc1)C(=O)N1C[C@H]1C(=O)NCC(=O)N(Cc1ccccc1)Cc1ccccc1. The Labute approximate surface area is 240 Å². The van der Waals surface area contributed by atoms with Gasteiger partial charge in [-0.1, -0.05) is 105 Å². The predicted molar refractivity (Wildman–Crippen MR) is 154 cm³/mol. The van der Waals surface area contributed by atoms with Gasteiger partial charge in [-0.05, 0) is 22.6 Å². The van der Waals surface area contributed by atoms with E-state index in [1.54, 1.807) is 4.90 Å². The lowest BCUT2D eigenvalue weighted by Crippen LogP contribution is -2.48. The molecule has 2 atom stereocenters. The minimum atomic E-state index is -0.843. The van der Waals surface area contributed by atoms with Crippen LogP contribution in [-0.2, 0) is 38.8 Å². The predicted octanol–water partition coefficient (Wildman–Crippen LogP) is 3.49. The van der Waals surface area contributed by atoms with E-state index in [0.717, 1.165) is 16.7 Å². The summed E-state index contributed by atoms with van der Waals surface area (Å²) in [5.74, 6) is -1.21. The van der Waals surface area contributed by atoms with Crippen molar-refractivity contribution in [2.24, 2.45) is 5.92 Å². The fourth-order valence-corrected chi connectivity index (χ4v) is 4.42. The topological polar surface area (TPSA) is 108 Å². The zero-order chi connectivity index (χ0) is 29.2. The largest absolute Gasteiger partial charge is 0.445 e. The van der Waals surface area contributed by atoms with Gasteiger partial charge in [0.15, 0.2) is 0 Å². The number of alkyl carbamates (subject to hydrolysis) is 1. The van der Waals surface area contributed by atoms with Gasteiger partial charge in [-0.3, -0.25) is 14.4 Å². The van der Waals surface area contributed by atoms with Gasteiger partial charge in [0.25, 0.3) is 0 Å². The summed E-state index contributed by atoms with van der Waals surface area (Å²) in [6, 6.07) is 27.0. The number of ether oxygens (including phenoxy) is 1. The van der Waals surface area contributed by atoms with Gasteiger partial charge in [0.05, 0.1) is 13.1 Å². The van der Waals surface area contributed by atoms with Crippen LogP contribution in [0.15, 0.2) is 91.0 Å². The van der Waals surface area contributed by atoms with Crippen LogP contribution in [0.25, 0.3) is 0 Å². The van der Waals surface area contributed by atoms with Crippen LogP contribution in [0.2, 0.25) is 0 Å². The van der Waals surface area contributed by atoms with Crippen molar-refractivity contribution in [1.82, 2.24) is 20.4 Å². The molecule has 3 aromatic carbocycles. The number of amides is 4. The normalized spacial score (nSPS) is 14.6. The van der Waals surface area contributed by atoms with Gasteiger partial charge in [0.1, 0.15) is 18.7 Å². The zero-order valence-electron chi connectivity index (χ0n) is 23.4. The Balaban J connectivity index is 1.28. The van der Waals surface area contributed by atoms with Crippen LogP contribution in [0.1, 0.15) is 30.5 Å². The van der Waals surface area contributed by atoms with E-state index in [9.17, 15) is 19.2 Å². The van der Waals surface area contributed by atoms with Gasteiger partial charge < -0.3 is 25.2 Å². The molecule has 9 heteroatoms. The quantitative estimate of drug-likeness (QED) is 0.332. The lowest BCUT2D eigenvalue weighted by molar-refractivity contribution is -0.134. The van der Waals surface area contributed by atoms with Crippen LogP contribution in [0.5, 0.6) is 0 Å². The van der Waals surface area contributed by atoms with Gasteiger partial charge in [0, 0.05) is 13.1 Å². The smallest absolute Gasteiger partial charge is 0.408 e. The Morgan fingerprint density at radius 3 is 1.85 bits per heavy atom. The standard InChI is InChI=1S/C32H36N4O5/c1-23(2)29(34-32(40)41-22-26-16-10-5-11-17-26)31(39)36-21-27(36)30(38)33-18-28(37)35(19-24-12-6-3-7-13-24)20-25-14-8-4-9-15-25/h3-17,23,27,29H,18-22H2,1-2H3,(H,33,38)(H,34,40)/t27-,29-,36?/m0/s1. The number of benzene rings is 3. The van der Waals surface area contributed by atoms with Crippen molar-refractivity contribution in [2.75, 3.05) is 13.1 Å². The summed E-state index contributed by atoms with van der Waals surface area (Å²) >= 11 is 0. The molecule has 9 nitrogen and oxygen atoms in total. The van der Waals surface area contributed by atoms with E-state index in [1.165, 1.54) is 4.90 Å². The van der Waals surface area contributed by atoms with Crippen molar-refractivity contribution in [3.8, 4) is 0 Å². The molecule has 0 unspecified atom stereocenters. The van der Waals surface area contributed by atoms with E-state index in [-0.39, 0.29) is 37.4 Å². The minimum Gasteiger partial charge on any atom is -0.445 e. The second kappa shape index (κ2) is 14.1. The van der Waals surface area contributed by atoms with Gasteiger partial charge in [-0.15, -0.1) is 0 Å². The van der Waals surface area contributed by atoms with Gasteiger partial charge in [0.2, 0.25) is 17.7 Å². The molecule has 0 bridgehead atoms. The highest BCUT2D eigenvalue weighted by Crippen LogP contribution is 2.21. The molecule has 0 saturated carbocycles. The second-order valence-corrected chi connectivity index (χ2v) is 10.4. The lowest BCUT2D eigenvalue weighted by Gasteiger charge is -2.23. The molecule has 1 aliphatic rings. The third kappa shape index (κ3) is 8.66. The number of hydrogen-bond acceptors (Lipinski definition) is 5. The van der Waals surface area contributed by atoms with Crippen LogP contribution in [0.4, 0.5) is 4.79 Å². The first-order valence-corrected chi connectivity index (χ1v) is 13.7. The summed E-state index contributed by atoms with van der Waals surface area (Å²) in [5, 5.41) is 5.33. The highest BCUT2D eigenvalue weighted by atomic mass is 16.5. The molecule has 0 spiro atoms. The van der Waals surface area contributed by atoms with Crippen molar-refractivity contribution < 1.29 is 23.9 Å². The highest BCUT2D eigenvalue weighted by Gasteiger charge is 2.47. The third-order valence-electron chi connectivity index (χ3n) is 6.82. The molecule has 1 fully saturated rings. The Morgan fingerprint density at radius 2 is 1.34 bits per heavy atom. The third-order valence-corrected chi connectivity index (χ3v) is 6.82. The van der Waals surface area contributed by atoms with Gasteiger partial charge in [-0.2, -0.15) is 0 Å². The molecule has 4 rings (SSSR count). The van der Waals surface area contributed by atoms with Gasteiger partial charge >= 0.3 is 6.09 Å². The summed E-state index contributed by atoms with van der Waals surface area (Å²) in [6.45, 7) is 4.55. The molecule has 41 heavy (non-hydrogen) atoms. The fraction of sp³-hybridized carbons (Fsp3) is 0.312. The van der Waals surface area contributed by atoms with Crippen molar-refractivity contribution in [2.45, 2.75) is 45.6 Å². The lowest BCUT2D eigenvalue weighted by atomic mass is 10.0. The van der Waals surface area contributed by atoms with E-state index < -0.39 is 24.1 Å². The molecule has 3 aromatic rings. The van der Waals surface area contributed by atoms with Crippen LogP contribution in [0.3, 0.4) is 0 Å². The molecule has 2 N–H and O–H groups in total. The first kappa shape index (κ1) is 29.3. The Bertz CT molecular complexity index is 1280. The summed E-state index contributed by atoms with van der Waals surface area (Å²) in [5.41, 5.74) is 2.80. The Kier molecular flexibility index (Phi) is 10.1. The van der Waals surface area contributed by atoms with Crippen molar-refractivity contribution in [3.63, 3.8) is 0 Å². The van der Waals surface area contributed by atoms with Crippen molar-refractivity contribution in [3.05, 3.63) is 108 Å². The number of carbonyl (C=O) groups is 4. The molecule has 4 amide bonds. The fourth-order valence-electron chi connectivity index (χ4n) is 4.42. The first-order chi connectivity index (χ1) is 19.8. The van der Waals surface area contributed by atoms with Crippen molar-refractivity contribution in [1.29, 1.82) is 0 Å². The molecule has 0 aliphatic carbocycles. The van der Waals surface area contributed by atoms with E-state index in [1.807, 2.05) is 105 Å². The highest BCUT2D eigenvalue weighted by molar-refractivity contribution is 5.97. The van der Waals surface area contributed by atoms with Crippen LogP contribution in [-0.4, -0.2) is 58.8 Å². The number of hydrogen-bond donors (Lipinski definition) is 2. The van der Waals surface area contributed by atoms with Gasteiger partial charge in [-0.25, -0.2) is 4.79 Å².